The van der Waals surface area contributed by atoms with Crippen molar-refractivity contribution in [2.75, 3.05) is 24.5 Å². The minimum atomic E-state index is -0.741. The molecule has 0 amide bonds. The Kier molecular flexibility index (Phi) is 5.99. The number of carboxylic acid groups (broad SMARTS) is 1. The molecule has 0 saturated heterocycles. The summed E-state index contributed by atoms with van der Waals surface area (Å²) in [6.45, 7) is 13.6. The number of nitrogens with zero attached hydrogens (tertiary/aromatic N) is 2. The molecule has 0 aromatic heterocycles. The highest BCUT2D eigenvalue weighted by molar-refractivity contribution is 6.11. The van der Waals surface area contributed by atoms with Gasteiger partial charge in [-0.2, -0.15) is 0 Å². The Morgan fingerprint density at radius 2 is 2.03 bits per heavy atom. The summed E-state index contributed by atoms with van der Waals surface area (Å²) in [6.07, 6.45) is 7.48. The van der Waals surface area contributed by atoms with E-state index in [4.69, 9.17) is 14.8 Å². The fraction of sp³-hybridized carbons (Fsp3) is 0.462. The third-order valence-corrected chi connectivity index (χ3v) is 6.80. The number of aliphatic carboxylic acids is 1. The number of allylic oxidation sites excluding steroid dienone is 1. The SMILES string of the molecule is CCN(CC)c1ccc2c(c1)OC1=CC3C(=CC1=N2)C(C)=CC(C)(C)[NH+]3CCCC(=O)O. The molecule has 3 aliphatic rings. The second-order valence-electron chi connectivity index (χ2n) is 9.35. The molecule has 6 heteroatoms. The minimum Gasteiger partial charge on any atom is -0.481 e. The highest BCUT2D eigenvalue weighted by atomic mass is 16.5. The number of aliphatic imine (C=N–C) groups is 1. The van der Waals surface area contributed by atoms with Crippen molar-refractivity contribution in [2.24, 2.45) is 4.99 Å². The van der Waals surface area contributed by atoms with Gasteiger partial charge in [0.25, 0.3) is 0 Å². The number of nitrogens with one attached hydrogen (secondary N) is 1. The van der Waals surface area contributed by atoms with Crippen LogP contribution >= 0.6 is 0 Å². The molecule has 0 spiro atoms. The van der Waals surface area contributed by atoms with Crippen molar-refractivity contribution in [1.29, 1.82) is 0 Å². The van der Waals surface area contributed by atoms with Gasteiger partial charge < -0.3 is 19.6 Å². The lowest BCUT2D eigenvalue weighted by molar-refractivity contribution is -0.955. The van der Waals surface area contributed by atoms with Crippen molar-refractivity contribution < 1.29 is 19.5 Å². The second kappa shape index (κ2) is 8.58. The Hall–Kier alpha value is -2.86. The molecule has 2 N–H and O–H groups in total. The first-order valence-electron chi connectivity index (χ1n) is 11.6. The van der Waals surface area contributed by atoms with Gasteiger partial charge in [0.1, 0.15) is 23.0 Å². The van der Waals surface area contributed by atoms with E-state index in [1.165, 1.54) is 16.0 Å². The average Bonchev–Trinajstić information content (AvgIpc) is 2.74. The number of rotatable bonds is 7. The first-order valence-corrected chi connectivity index (χ1v) is 11.6. The number of benzene rings is 1. The van der Waals surface area contributed by atoms with Crippen LogP contribution in [0.2, 0.25) is 0 Å². The Morgan fingerprint density at radius 3 is 2.72 bits per heavy atom. The van der Waals surface area contributed by atoms with Gasteiger partial charge in [0.2, 0.25) is 0 Å². The maximum absolute atomic E-state index is 11.1. The number of hydrogen-bond acceptors (Lipinski definition) is 4. The van der Waals surface area contributed by atoms with Crippen molar-refractivity contribution in [1.82, 2.24) is 0 Å². The van der Waals surface area contributed by atoms with Gasteiger partial charge in [-0.05, 0) is 64.5 Å². The zero-order valence-corrected chi connectivity index (χ0v) is 19.7. The molecule has 2 heterocycles. The number of hydrogen-bond donors (Lipinski definition) is 2. The number of carboxylic acids is 1. The van der Waals surface area contributed by atoms with Crippen LogP contribution in [0.15, 0.2) is 58.3 Å². The van der Waals surface area contributed by atoms with E-state index in [9.17, 15) is 4.79 Å². The predicted octanol–water partition coefficient (Wildman–Crippen LogP) is 3.68. The van der Waals surface area contributed by atoms with Crippen LogP contribution in [0, 0.1) is 0 Å². The fourth-order valence-corrected chi connectivity index (χ4v) is 5.19. The van der Waals surface area contributed by atoms with Crippen molar-refractivity contribution in [3.63, 3.8) is 0 Å². The van der Waals surface area contributed by atoms with Crippen LogP contribution in [-0.2, 0) is 4.79 Å². The van der Waals surface area contributed by atoms with E-state index in [2.05, 4.69) is 69.9 Å². The van der Waals surface area contributed by atoms with Crippen molar-refractivity contribution >= 4 is 23.1 Å². The van der Waals surface area contributed by atoms with Crippen LogP contribution in [-0.4, -0.2) is 48.0 Å². The zero-order valence-electron chi connectivity index (χ0n) is 19.7. The van der Waals surface area contributed by atoms with Crippen LogP contribution < -0.4 is 14.5 Å². The third-order valence-electron chi connectivity index (χ3n) is 6.80. The Balaban J connectivity index is 1.69. The van der Waals surface area contributed by atoms with Gasteiger partial charge in [-0.3, -0.25) is 4.79 Å². The van der Waals surface area contributed by atoms with E-state index >= 15 is 0 Å². The number of fused-ring (bicyclic) bond motifs is 3. The molecule has 0 saturated carbocycles. The average molecular weight is 437 g/mol. The van der Waals surface area contributed by atoms with Gasteiger partial charge in [-0.25, -0.2) is 4.99 Å². The van der Waals surface area contributed by atoms with E-state index in [0.29, 0.717) is 6.42 Å². The van der Waals surface area contributed by atoms with Crippen molar-refractivity contribution in [3.8, 4) is 5.75 Å². The van der Waals surface area contributed by atoms with Crippen LogP contribution in [0.4, 0.5) is 11.4 Å². The number of ether oxygens (including phenoxy) is 1. The molecule has 4 rings (SSSR count). The van der Waals surface area contributed by atoms with Crippen LogP contribution in [0.1, 0.15) is 47.5 Å². The van der Waals surface area contributed by atoms with E-state index < -0.39 is 5.97 Å². The Labute approximate surface area is 190 Å². The summed E-state index contributed by atoms with van der Waals surface area (Å²) in [4.78, 5) is 19.6. The molecule has 32 heavy (non-hydrogen) atoms. The molecule has 1 aromatic carbocycles. The van der Waals surface area contributed by atoms with E-state index in [-0.39, 0.29) is 18.0 Å². The molecular weight excluding hydrogens is 402 g/mol. The summed E-state index contributed by atoms with van der Waals surface area (Å²) in [6, 6.07) is 6.34. The lowest BCUT2D eigenvalue weighted by Gasteiger charge is -2.44. The summed E-state index contributed by atoms with van der Waals surface area (Å²) >= 11 is 0. The molecule has 1 aromatic rings. The van der Waals surface area contributed by atoms with Crippen LogP contribution in [0.5, 0.6) is 5.75 Å². The topological polar surface area (TPSA) is 66.6 Å². The standard InChI is InChI=1S/C26H33N3O3/c1-6-28(7-2)18-10-11-20-23(13-18)32-24-15-22-19(14-21(24)27-20)17(3)16-26(4,5)29(22)12-8-9-25(30)31/h10-11,13-16,22H,6-9,12H2,1-5H3,(H,30,31)/p+1. The largest absolute Gasteiger partial charge is 0.481 e. The Bertz CT molecular complexity index is 1040. The van der Waals surface area contributed by atoms with Gasteiger partial charge >= 0.3 is 5.97 Å². The summed E-state index contributed by atoms with van der Waals surface area (Å²) in [7, 11) is 0. The number of quaternary nitrogens is 1. The van der Waals surface area contributed by atoms with Crippen molar-refractivity contribution in [3.05, 3.63) is 53.3 Å². The normalized spacial score (nSPS) is 22.8. The molecule has 1 aliphatic carbocycles. The second-order valence-corrected chi connectivity index (χ2v) is 9.35. The van der Waals surface area contributed by atoms with Crippen LogP contribution in [0.3, 0.4) is 0 Å². The monoisotopic (exact) mass is 436 g/mol. The lowest BCUT2D eigenvalue weighted by Crippen LogP contribution is -3.23. The van der Waals surface area contributed by atoms with Gasteiger partial charge in [-0.1, -0.05) is 0 Å². The third kappa shape index (κ3) is 4.11. The minimum absolute atomic E-state index is 0.0984. The summed E-state index contributed by atoms with van der Waals surface area (Å²) in [5, 5.41) is 9.11. The molecule has 2 atom stereocenters. The molecule has 2 aliphatic heterocycles. The highest BCUT2D eigenvalue weighted by Gasteiger charge is 2.43. The maximum atomic E-state index is 11.1. The fourth-order valence-electron chi connectivity index (χ4n) is 5.19. The highest BCUT2D eigenvalue weighted by Crippen LogP contribution is 2.39. The first kappa shape index (κ1) is 22.3. The molecule has 2 unspecified atom stereocenters. The molecule has 0 bridgehead atoms. The van der Waals surface area contributed by atoms with Gasteiger partial charge in [0, 0.05) is 42.9 Å². The molecule has 6 nitrogen and oxygen atoms in total. The van der Waals surface area contributed by atoms with Crippen LogP contribution in [0.25, 0.3) is 0 Å². The maximum Gasteiger partial charge on any atom is 0.303 e. The first-order chi connectivity index (χ1) is 15.2. The predicted molar refractivity (Wildman–Crippen MR) is 128 cm³/mol. The molecular formula is C26H34N3O3+. The van der Waals surface area contributed by atoms with E-state index in [1.54, 1.807) is 0 Å². The van der Waals surface area contributed by atoms with Crippen molar-refractivity contribution in [2.45, 2.75) is 59.0 Å². The van der Waals surface area contributed by atoms with E-state index in [0.717, 1.165) is 48.2 Å². The summed E-state index contributed by atoms with van der Waals surface area (Å²) < 4.78 is 6.39. The lowest BCUT2D eigenvalue weighted by atomic mass is 9.81. The number of carbonyl (C=O) groups is 1. The van der Waals surface area contributed by atoms with E-state index in [1.807, 2.05) is 6.07 Å². The molecule has 170 valence electrons. The van der Waals surface area contributed by atoms with Gasteiger partial charge in [0.15, 0.2) is 11.5 Å². The smallest absolute Gasteiger partial charge is 0.303 e. The Morgan fingerprint density at radius 1 is 1.28 bits per heavy atom. The molecule has 0 radical (unpaired) electrons. The number of anilines is 1. The summed E-state index contributed by atoms with van der Waals surface area (Å²) in [5.74, 6) is 0.842. The van der Waals surface area contributed by atoms with Gasteiger partial charge in [0.05, 0.1) is 13.0 Å². The zero-order chi connectivity index (χ0) is 23.0. The van der Waals surface area contributed by atoms with Gasteiger partial charge in [-0.15, -0.1) is 0 Å². The molecule has 0 fully saturated rings. The quantitative estimate of drug-likeness (QED) is 0.684. The summed E-state index contributed by atoms with van der Waals surface area (Å²) in [5.41, 5.74) is 5.24.